The molecule has 0 radical (unpaired) electrons. The molecule has 5 nitrogen and oxygen atoms in total. The lowest BCUT2D eigenvalue weighted by Crippen LogP contribution is -2.47. The fraction of sp³-hybridized carbons (Fsp3) is 0.500. The van der Waals surface area contributed by atoms with Crippen molar-refractivity contribution in [2.24, 2.45) is 5.92 Å². The molecule has 1 aliphatic heterocycles. The van der Waals surface area contributed by atoms with Gasteiger partial charge in [-0.1, -0.05) is 18.2 Å². The van der Waals surface area contributed by atoms with Gasteiger partial charge in [0.1, 0.15) is 0 Å². The van der Waals surface area contributed by atoms with Gasteiger partial charge in [0, 0.05) is 11.6 Å². The lowest BCUT2D eigenvalue weighted by molar-refractivity contribution is -0.149. The minimum atomic E-state index is -0.318. The highest BCUT2D eigenvalue weighted by Gasteiger charge is 2.51. The molecule has 0 unspecified atom stereocenters. The number of hydrogen-bond acceptors (Lipinski definition) is 4. The summed E-state index contributed by atoms with van der Waals surface area (Å²) < 4.78 is 10.6. The average Bonchev–Trinajstić information content (AvgIpc) is 3.25. The van der Waals surface area contributed by atoms with E-state index >= 15 is 0 Å². The molecule has 2 fully saturated rings. The quantitative estimate of drug-likeness (QED) is 0.674. The zero-order valence-electron chi connectivity index (χ0n) is 12.0. The highest BCUT2D eigenvalue weighted by Crippen LogP contribution is 2.40. The average molecular weight is 289 g/mol. The predicted molar refractivity (Wildman–Crippen MR) is 75.7 cm³/mol. The summed E-state index contributed by atoms with van der Waals surface area (Å²) in [5.41, 5.74) is 0.596. The van der Waals surface area contributed by atoms with E-state index in [1.165, 1.54) is 0 Å². The monoisotopic (exact) mass is 289 g/mol. The van der Waals surface area contributed by atoms with E-state index in [0.717, 1.165) is 0 Å². The number of benzene rings is 1. The normalized spacial score (nSPS) is 30.1. The molecule has 2 aliphatic rings. The molecule has 5 heteroatoms. The summed E-state index contributed by atoms with van der Waals surface area (Å²) in [5.74, 6) is -0.722. The molecule has 1 N–H and O–H groups in total. The maximum atomic E-state index is 12.3. The van der Waals surface area contributed by atoms with E-state index in [4.69, 9.17) is 9.47 Å². The fourth-order valence-electron chi connectivity index (χ4n) is 2.93. The second-order valence-corrected chi connectivity index (χ2v) is 5.49. The van der Waals surface area contributed by atoms with Crippen molar-refractivity contribution in [3.8, 4) is 0 Å². The zero-order chi connectivity index (χ0) is 14.8. The number of hydrogen-bond donors (Lipinski definition) is 1. The van der Waals surface area contributed by atoms with Gasteiger partial charge in [-0.25, -0.2) is 0 Å². The van der Waals surface area contributed by atoms with Gasteiger partial charge in [-0.2, -0.15) is 0 Å². The second-order valence-electron chi connectivity index (χ2n) is 5.49. The van der Waals surface area contributed by atoms with Crippen LogP contribution < -0.4 is 5.32 Å². The molecule has 112 valence electrons. The summed E-state index contributed by atoms with van der Waals surface area (Å²) in [4.78, 5) is 24.3. The van der Waals surface area contributed by atoms with Crippen LogP contribution in [0.3, 0.4) is 0 Å². The number of carbonyl (C=O) groups is 2. The van der Waals surface area contributed by atoms with Crippen molar-refractivity contribution >= 4 is 11.9 Å². The molecule has 1 heterocycles. The Hall–Kier alpha value is -1.88. The molecule has 0 aromatic heterocycles. The van der Waals surface area contributed by atoms with Gasteiger partial charge >= 0.3 is 5.97 Å². The molecule has 1 saturated carbocycles. The van der Waals surface area contributed by atoms with Gasteiger partial charge in [0.15, 0.2) is 0 Å². The van der Waals surface area contributed by atoms with Crippen LogP contribution >= 0.6 is 0 Å². The van der Waals surface area contributed by atoms with Crippen molar-refractivity contribution < 1.29 is 19.1 Å². The van der Waals surface area contributed by atoms with Crippen LogP contribution in [0.1, 0.15) is 30.1 Å². The molecule has 1 aliphatic carbocycles. The Bertz CT molecular complexity index is 530. The van der Waals surface area contributed by atoms with Crippen LogP contribution in [0.4, 0.5) is 0 Å². The summed E-state index contributed by atoms with van der Waals surface area (Å²) in [6.45, 7) is 2.14. The van der Waals surface area contributed by atoms with E-state index in [0.29, 0.717) is 25.0 Å². The highest BCUT2D eigenvalue weighted by molar-refractivity contribution is 5.94. The molecule has 1 aromatic carbocycles. The number of carbonyl (C=O) groups excluding carboxylic acids is 2. The third-order valence-electron chi connectivity index (χ3n) is 4.09. The molecule has 1 aromatic rings. The van der Waals surface area contributed by atoms with Gasteiger partial charge in [0.2, 0.25) is 0 Å². The molecule has 21 heavy (non-hydrogen) atoms. The molecule has 1 saturated heterocycles. The van der Waals surface area contributed by atoms with Crippen molar-refractivity contribution in [2.45, 2.75) is 38.0 Å². The molecular weight excluding hydrogens is 270 g/mol. The largest absolute Gasteiger partial charge is 0.466 e. The van der Waals surface area contributed by atoms with Gasteiger partial charge in [-0.3, -0.25) is 9.59 Å². The number of ether oxygens (including phenoxy) is 2. The van der Waals surface area contributed by atoms with Crippen molar-refractivity contribution in [3.63, 3.8) is 0 Å². The van der Waals surface area contributed by atoms with Gasteiger partial charge < -0.3 is 14.8 Å². The molecular formula is C16H19NO4. The van der Waals surface area contributed by atoms with Crippen molar-refractivity contribution in [1.82, 2.24) is 5.32 Å². The Balaban J connectivity index is 1.69. The summed E-state index contributed by atoms with van der Waals surface area (Å²) in [5, 5.41) is 2.96. The smallest absolute Gasteiger partial charge is 0.311 e. The lowest BCUT2D eigenvalue weighted by Gasteiger charge is -2.28. The van der Waals surface area contributed by atoms with Gasteiger partial charge in [0.25, 0.3) is 5.91 Å². The first kappa shape index (κ1) is 14.1. The van der Waals surface area contributed by atoms with Gasteiger partial charge in [-0.15, -0.1) is 0 Å². The topological polar surface area (TPSA) is 67.9 Å². The Kier molecular flexibility index (Phi) is 3.92. The predicted octanol–water partition coefficient (Wildman–Crippen LogP) is 1.53. The minimum Gasteiger partial charge on any atom is -0.466 e. The number of epoxide rings is 1. The van der Waals surface area contributed by atoms with Gasteiger partial charge in [0.05, 0.1) is 24.7 Å². The Morgan fingerprint density at radius 1 is 1.24 bits per heavy atom. The summed E-state index contributed by atoms with van der Waals surface area (Å²) in [7, 11) is 0. The maximum absolute atomic E-state index is 12.3. The second kappa shape index (κ2) is 5.85. The van der Waals surface area contributed by atoms with E-state index in [-0.39, 0.29) is 36.0 Å². The Morgan fingerprint density at radius 3 is 2.67 bits per heavy atom. The van der Waals surface area contributed by atoms with Crippen molar-refractivity contribution in [1.29, 1.82) is 0 Å². The van der Waals surface area contributed by atoms with Crippen LogP contribution in [0.15, 0.2) is 30.3 Å². The number of esters is 1. The zero-order valence-corrected chi connectivity index (χ0v) is 12.0. The van der Waals surface area contributed by atoms with Crippen LogP contribution in [0, 0.1) is 5.92 Å². The fourth-order valence-corrected chi connectivity index (χ4v) is 2.93. The van der Waals surface area contributed by atoms with Crippen LogP contribution in [-0.2, 0) is 14.3 Å². The summed E-state index contributed by atoms with van der Waals surface area (Å²) in [6, 6.07) is 8.79. The summed E-state index contributed by atoms with van der Waals surface area (Å²) >= 11 is 0. The van der Waals surface area contributed by atoms with Crippen molar-refractivity contribution in [3.05, 3.63) is 35.9 Å². The van der Waals surface area contributed by atoms with Crippen LogP contribution in [0.25, 0.3) is 0 Å². The third kappa shape index (κ3) is 3.08. The van der Waals surface area contributed by atoms with Crippen LogP contribution in [-0.4, -0.2) is 36.7 Å². The minimum absolute atomic E-state index is 0.157. The van der Waals surface area contributed by atoms with E-state index in [1.54, 1.807) is 19.1 Å². The molecule has 0 spiro atoms. The third-order valence-corrected chi connectivity index (χ3v) is 4.09. The molecule has 4 atom stereocenters. The number of rotatable bonds is 4. The number of amides is 1. The lowest BCUT2D eigenvalue weighted by atomic mass is 9.84. The van der Waals surface area contributed by atoms with Crippen molar-refractivity contribution in [2.75, 3.05) is 6.61 Å². The first-order valence-electron chi connectivity index (χ1n) is 7.37. The van der Waals surface area contributed by atoms with Crippen LogP contribution in [0.5, 0.6) is 0 Å². The van der Waals surface area contributed by atoms with E-state index in [9.17, 15) is 9.59 Å². The van der Waals surface area contributed by atoms with E-state index in [2.05, 4.69) is 5.32 Å². The van der Waals surface area contributed by atoms with E-state index < -0.39 is 0 Å². The Labute approximate surface area is 123 Å². The molecule has 1 amide bonds. The maximum Gasteiger partial charge on any atom is 0.311 e. The standard InChI is InChI=1S/C16H19NO4/c1-2-20-16(19)11-8-13-14(21-13)9-12(11)17-15(18)10-6-4-3-5-7-10/h3-7,11-14H,2,8-9H2,1H3,(H,17,18)/t11-,12+,13+,14-/m0/s1. The SMILES string of the molecule is CCOC(=O)[C@H]1C[C@H]2O[C@H]2C[C@H]1NC(=O)c1ccccc1. The van der Waals surface area contributed by atoms with Crippen LogP contribution in [0.2, 0.25) is 0 Å². The highest BCUT2D eigenvalue weighted by atomic mass is 16.6. The van der Waals surface area contributed by atoms with E-state index in [1.807, 2.05) is 18.2 Å². The number of fused-ring (bicyclic) bond motifs is 1. The Morgan fingerprint density at radius 2 is 1.95 bits per heavy atom. The molecule has 3 rings (SSSR count). The number of nitrogens with one attached hydrogen (secondary N) is 1. The van der Waals surface area contributed by atoms with Gasteiger partial charge in [-0.05, 0) is 31.9 Å². The first-order valence-corrected chi connectivity index (χ1v) is 7.37. The molecule has 0 bridgehead atoms. The first-order chi connectivity index (χ1) is 10.2. The summed E-state index contributed by atoms with van der Waals surface area (Å²) in [6.07, 6.45) is 1.64.